The van der Waals surface area contributed by atoms with Gasteiger partial charge in [0.1, 0.15) is 5.82 Å². The minimum atomic E-state index is -0.262. The Labute approximate surface area is 726 Å². The summed E-state index contributed by atoms with van der Waals surface area (Å²) in [6.07, 6.45) is 1.86. The molecule has 5 aromatic heterocycles. The quantitative estimate of drug-likeness (QED) is 0.101. The van der Waals surface area contributed by atoms with Crippen LogP contribution in [0.25, 0.3) is 258 Å². The third kappa shape index (κ3) is 11.1. The van der Waals surface area contributed by atoms with E-state index < -0.39 is 0 Å². The van der Waals surface area contributed by atoms with Crippen molar-refractivity contribution < 1.29 is 0 Å². The van der Waals surface area contributed by atoms with Gasteiger partial charge in [-0.2, -0.15) is 0 Å². The molecule has 6 nitrogen and oxygen atoms in total. The first-order valence-corrected chi connectivity index (χ1v) is 43.4. The molecule has 584 valence electrons. The second-order valence-electron chi connectivity index (χ2n) is 34.4. The number of benzene rings is 20. The highest BCUT2D eigenvalue weighted by Gasteiger charge is 2.37. The lowest BCUT2D eigenvalue weighted by Crippen LogP contribution is -2.14. The molecule has 0 radical (unpaired) electrons. The van der Waals surface area contributed by atoms with Crippen molar-refractivity contribution in [1.82, 2.24) is 29.5 Å². The van der Waals surface area contributed by atoms with Gasteiger partial charge in [-0.15, -0.1) is 0 Å². The van der Waals surface area contributed by atoms with Gasteiger partial charge in [-0.3, -0.25) is 9.55 Å². The second kappa shape index (κ2) is 27.8. The molecule has 0 N–H and O–H groups in total. The number of pyridine rings is 4. The Morgan fingerprint density at radius 1 is 0.214 bits per heavy atom. The van der Waals surface area contributed by atoms with Crippen LogP contribution in [0.5, 0.6) is 0 Å². The van der Waals surface area contributed by atoms with E-state index >= 15 is 0 Å². The van der Waals surface area contributed by atoms with Crippen molar-refractivity contribution >= 4 is 141 Å². The number of hydrogen-bond acceptors (Lipinski definition) is 5. The highest BCUT2D eigenvalue weighted by molar-refractivity contribution is 6.27. The average Bonchev–Trinajstić information content (AvgIpc) is 1.40. The predicted octanol–water partition coefficient (Wildman–Crippen LogP) is 31.8. The Balaban J connectivity index is 0.680. The van der Waals surface area contributed by atoms with E-state index in [4.69, 9.17) is 24.9 Å². The van der Waals surface area contributed by atoms with Gasteiger partial charge < -0.3 is 0 Å². The van der Waals surface area contributed by atoms with E-state index in [0.717, 1.165) is 166 Å². The monoisotopic (exact) mass is 1600 g/mol. The summed E-state index contributed by atoms with van der Waals surface area (Å²) in [6, 6.07) is 150. The molecule has 0 fully saturated rings. The summed E-state index contributed by atoms with van der Waals surface area (Å²) < 4.78 is 2.30. The molecule has 26 rings (SSSR count). The minimum Gasteiger partial charge on any atom is -0.292 e. The maximum atomic E-state index is 5.76. The van der Waals surface area contributed by atoms with Crippen LogP contribution in [-0.4, -0.2) is 29.5 Å². The van der Waals surface area contributed by atoms with Crippen LogP contribution in [0, 0.1) is 0 Å². The first-order chi connectivity index (χ1) is 62.2. The summed E-state index contributed by atoms with van der Waals surface area (Å²) >= 11 is 0. The molecule has 0 unspecified atom stereocenters. The van der Waals surface area contributed by atoms with Crippen molar-refractivity contribution in [3.05, 3.63) is 424 Å². The van der Waals surface area contributed by atoms with E-state index in [1.807, 2.05) is 18.3 Å². The van der Waals surface area contributed by atoms with E-state index in [1.54, 1.807) is 0 Å². The zero-order chi connectivity index (χ0) is 83.0. The van der Waals surface area contributed by atoms with Crippen molar-refractivity contribution in [2.24, 2.45) is 0 Å². The molecule has 5 heterocycles. The van der Waals surface area contributed by atoms with E-state index in [0.29, 0.717) is 0 Å². The SMILES string of the molecule is CC1(C)c2ccccc2-c2cc3c(-c4ccc(-c5nc6ccccc6n5-c5ccccc5)cc4)c4ccc(-c5ccc6c(-c7ccc8ccccc8c7)c7cc(-c8ccc9ccc%10c(-c%11ccc%12c%13nc(-c%14ccccc%14)ccc%13c%13cccnc%13c%12n%11)cccc%10c9n8)ccc7c(-c7ccc8ccccc8c7)c6c5)cc4c(-c4ccc5ccccc5c4)c3cc21. The van der Waals surface area contributed by atoms with E-state index in [-0.39, 0.29) is 5.41 Å². The third-order valence-corrected chi connectivity index (χ3v) is 27.1. The van der Waals surface area contributed by atoms with Crippen molar-refractivity contribution in [1.29, 1.82) is 0 Å². The van der Waals surface area contributed by atoms with Gasteiger partial charge in [0.05, 0.1) is 50.2 Å². The first-order valence-electron chi connectivity index (χ1n) is 43.4. The van der Waals surface area contributed by atoms with Gasteiger partial charge in [-0.1, -0.05) is 311 Å². The molecule has 0 amide bonds. The zero-order valence-electron chi connectivity index (χ0n) is 68.9. The number of imidazole rings is 1. The lowest BCUT2D eigenvalue weighted by Gasteiger charge is -2.24. The summed E-state index contributed by atoms with van der Waals surface area (Å²) in [6.45, 7) is 4.81. The maximum Gasteiger partial charge on any atom is 0.145 e. The number of aromatic nitrogens is 6. The van der Waals surface area contributed by atoms with Crippen LogP contribution in [0.15, 0.2) is 413 Å². The van der Waals surface area contributed by atoms with Gasteiger partial charge in [0.2, 0.25) is 0 Å². The van der Waals surface area contributed by atoms with E-state index in [2.05, 4.69) is 413 Å². The van der Waals surface area contributed by atoms with Crippen LogP contribution in [0.1, 0.15) is 25.0 Å². The molecule has 0 atom stereocenters. The van der Waals surface area contributed by atoms with Crippen molar-refractivity contribution in [2.45, 2.75) is 19.3 Å². The predicted molar refractivity (Wildman–Crippen MR) is 529 cm³/mol. The topological polar surface area (TPSA) is 69.4 Å². The van der Waals surface area contributed by atoms with Crippen LogP contribution in [0.3, 0.4) is 0 Å². The molecule has 0 saturated heterocycles. The molecule has 0 spiro atoms. The van der Waals surface area contributed by atoms with Gasteiger partial charge >= 0.3 is 0 Å². The first kappa shape index (κ1) is 71.3. The Kier molecular flexibility index (Phi) is 15.7. The molecule has 126 heavy (non-hydrogen) atoms. The number of rotatable bonds is 10. The number of fused-ring (bicyclic) bond motifs is 20. The van der Waals surface area contributed by atoms with Crippen molar-refractivity contribution in [2.75, 3.05) is 0 Å². The summed E-state index contributed by atoms with van der Waals surface area (Å²) in [5, 5.41) is 22.8. The number of para-hydroxylation sites is 3. The highest BCUT2D eigenvalue weighted by atomic mass is 15.1. The Bertz CT molecular complexity index is 9000. The van der Waals surface area contributed by atoms with Crippen LogP contribution in [0.2, 0.25) is 0 Å². The Morgan fingerprint density at radius 2 is 0.659 bits per heavy atom. The molecular weight excluding hydrogens is 1530 g/mol. The third-order valence-electron chi connectivity index (χ3n) is 27.1. The van der Waals surface area contributed by atoms with Gasteiger partial charge in [-0.05, 0) is 268 Å². The maximum absolute atomic E-state index is 5.76. The molecule has 6 heteroatoms. The number of nitrogens with zero attached hydrogens (tertiary/aromatic N) is 6. The van der Waals surface area contributed by atoms with Gasteiger partial charge in [0, 0.05) is 66.5 Å². The molecular formula is C120H74N6. The van der Waals surface area contributed by atoms with Crippen molar-refractivity contribution in [3.63, 3.8) is 0 Å². The van der Waals surface area contributed by atoms with E-state index in [1.165, 1.54) is 104 Å². The fourth-order valence-corrected chi connectivity index (χ4v) is 21.1. The molecule has 0 aliphatic heterocycles. The van der Waals surface area contributed by atoms with Gasteiger partial charge in [-0.25, -0.2) is 19.9 Å². The summed E-state index contributed by atoms with van der Waals surface area (Å²) in [5.74, 6) is 0.899. The summed E-state index contributed by atoms with van der Waals surface area (Å²) in [7, 11) is 0. The largest absolute Gasteiger partial charge is 0.292 e. The molecule has 1 aliphatic rings. The average molecular weight is 1600 g/mol. The van der Waals surface area contributed by atoms with Gasteiger partial charge in [0.25, 0.3) is 0 Å². The molecule has 1 aliphatic carbocycles. The van der Waals surface area contributed by atoms with Crippen LogP contribution >= 0.6 is 0 Å². The minimum absolute atomic E-state index is 0.262. The normalized spacial score (nSPS) is 12.6. The van der Waals surface area contributed by atoms with Crippen LogP contribution in [-0.2, 0) is 5.41 Å². The number of hydrogen-bond donors (Lipinski definition) is 0. The Hall–Kier alpha value is -16.4. The Morgan fingerprint density at radius 3 is 1.34 bits per heavy atom. The molecule has 0 bridgehead atoms. The lowest BCUT2D eigenvalue weighted by molar-refractivity contribution is 0.661. The van der Waals surface area contributed by atoms with Crippen molar-refractivity contribution in [3.8, 4) is 118 Å². The fourth-order valence-electron chi connectivity index (χ4n) is 21.1. The molecule has 25 aromatic rings. The zero-order valence-corrected chi connectivity index (χ0v) is 68.9. The molecule has 0 saturated carbocycles. The summed E-state index contributed by atoms with van der Waals surface area (Å²) in [4.78, 5) is 27.0. The van der Waals surface area contributed by atoms with E-state index in [9.17, 15) is 0 Å². The highest BCUT2D eigenvalue weighted by Crippen LogP contribution is 2.56. The smallest absolute Gasteiger partial charge is 0.145 e. The van der Waals surface area contributed by atoms with Crippen LogP contribution < -0.4 is 0 Å². The standard InChI is InChI=1S/C120H74N6/c1-120(2)104-35-16-15-31-89(104)98-69-102-103(70-105(98)120)114(86-47-40-73-23-11-14-28-80(73)65-86)100-67-82(49-54-91(100)111(102)75-41-43-77(44-42-75)119-125-109-36-17-18-37-110(109)126(119)87-29-7-4-8-30-87)81-50-55-92-99(66-81)112(84-45-38-71-21-9-12-26-78(71)63-84)93-56-51-83(68-101(93)113(92)85-46-39-72-22-10-13-27-79(72)64-85)107-59-52-76-48-53-88-90(32-19-33-94(88)115(76)122-107)108-61-58-97-116-96(95-34-20-62-121-117(95)118(97)124-108)57-60-106(123-116)74-24-5-3-6-25-74/h3-70H,1-2H3. The lowest BCUT2D eigenvalue weighted by atomic mass is 9.79. The van der Waals surface area contributed by atoms with Gasteiger partial charge in [0.15, 0.2) is 0 Å². The molecule has 20 aromatic carbocycles. The van der Waals surface area contributed by atoms with Crippen LogP contribution in [0.4, 0.5) is 0 Å². The fraction of sp³-hybridized carbons (Fsp3) is 0.0250. The second-order valence-corrected chi connectivity index (χ2v) is 34.4. The summed E-state index contributed by atoms with van der Waals surface area (Å²) in [5.41, 5.74) is 30.0.